The van der Waals surface area contributed by atoms with Gasteiger partial charge in [0.15, 0.2) is 10.3 Å². The Kier molecular flexibility index (Phi) is 34.1. The number of thiazole rings is 2. The molecule has 12 rings (SSSR count). The third-order valence-electron chi connectivity index (χ3n) is 21.2. The van der Waals surface area contributed by atoms with Gasteiger partial charge in [-0.25, -0.2) is 55.8 Å². The van der Waals surface area contributed by atoms with Crippen LogP contribution in [0.15, 0.2) is 143 Å². The zero-order valence-electron chi connectivity index (χ0n) is 76.5. The highest BCUT2D eigenvalue weighted by atomic mass is 32.2. The Hall–Kier alpha value is -12.1. The van der Waals surface area contributed by atoms with Crippen LogP contribution >= 0.6 is 22.7 Å². The molecule has 9 N–H and O–H groups in total. The minimum Gasteiger partial charge on any atom is -0.497 e. The number of sulfonamides is 2. The second-order valence-corrected chi connectivity index (χ2v) is 39.4. The largest absolute Gasteiger partial charge is 0.497 e. The van der Waals surface area contributed by atoms with Crippen molar-refractivity contribution in [2.75, 3.05) is 122 Å². The summed E-state index contributed by atoms with van der Waals surface area (Å²) in [6.45, 7) is 27.7. The Morgan fingerprint density at radius 1 is 0.526 bits per heavy atom. The van der Waals surface area contributed by atoms with E-state index in [4.69, 9.17) is 72.4 Å². The number of benzene rings is 4. The van der Waals surface area contributed by atoms with E-state index >= 15 is 0 Å². The summed E-state index contributed by atoms with van der Waals surface area (Å²) in [5, 5.41) is 33.5. The number of pyridine rings is 2. The molecule has 0 bridgehead atoms. The molecule has 133 heavy (non-hydrogen) atoms. The summed E-state index contributed by atoms with van der Waals surface area (Å²) in [5.74, 6) is -3.93. The third kappa shape index (κ3) is 27.1. The normalized spacial score (nSPS) is 19.2. The molecule has 42 heteroatoms. The van der Waals surface area contributed by atoms with Gasteiger partial charge >= 0.3 is 24.1 Å². The van der Waals surface area contributed by atoms with E-state index in [1.807, 2.05) is 50.6 Å². The molecule has 0 spiro atoms. The van der Waals surface area contributed by atoms with Crippen LogP contribution in [0.1, 0.15) is 108 Å². The number of fused-ring (bicyclic) bond motifs is 2. The summed E-state index contributed by atoms with van der Waals surface area (Å²) in [6, 6.07) is 24.3. The Labute approximate surface area is 780 Å². The number of carboxylic acids is 1. The molecule has 2 aliphatic heterocycles. The number of anilines is 4. The number of nitrogens with one attached hydrogen (secondary N) is 8. The number of esters is 1. The quantitative estimate of drug-likeness (QED) is 0.00741. The molecule has 4 fully saturated rings. The van der Waals surface area contributed by atoms with Gasteiger partial charge in [-0.2, -0.15) is 0 Å². The van der Waals surface area contributed by atoms with Gasteiger partial charge in [0.25, 0.3) is 31.9 Å². The van der Waals surface area contributed by atoms with Crippen LogP contribution in [0.4, 0.5) is 31.2 Å². The lowest BCUT2D eigenvalue weighted by molar-refractivity contribution is -0.142. The van der Waals surface area contributed by atoms with Gasteiger partial charge in [-0.1, -0.05) is 36.4 Å². The zero-order chi connectivity index (χ0) is 96.3. The maximum Gasteiger partial charge on any atom is 0.411 e. The summed E-state index contributed by atoms with van der Waals surface area (Å²) in [6.07, 6.45) is 0.0366. The first-order chi connectivity index (χ1) is 63.2. The standard InChI is InChI=1S/C46H59N7O12S2.C45H57N7O12S2/c1-9-29-25-46(29,42(56)52-67(58,59)39-13-11-10-12-33(39)47-17-19-63-21-20-62-18-16-40(54)61-8)51-41(55)37-23-31(26-53(37)44(57)65-45(4,5)6)64-38-24-35(36-27-66-43(50-36)48-28(2)3)49-34-22-30(60-7)14-15-32(34)38;1-8-28-24-45(28,41(56)51-66(58,59)38-12-10-9-11-32(38)46-16-18-62-20-19-61-17-15-39(53)54)50-40(55)36-22-30(25-52(36)43(57)64-44(4,5)6)63-37-23-34(35-26-65-42(49-35)47-27(2)3)48-33-21-29(60-7)13-14-31(33)37/h9-15,22,24,27-29,31,37,47H,1,16-21,23,25-26H2,2-8H3,(H,48,50)(H,51,55)(H,52,56);8-14,21,23,26-28,30,36,46H,1,15-20,22,24-25H2,2-7H3,(H,47,49)(H,50,55)(H,51,56)(H,53,54)/t29-,31-,37+,46-;28-,30-,36+,45-/m11/s1. The van der Waals surface area contributed by atoms with Gasteiger partial charge < -0.3 is 89.1 Å². The molecule has 4 aliphatic rings. The van der Waals surface area contributed by atoms with Crippen molar-refractivity contribution in [2.45, 2.75) is 176 Å². The molecule has 0 unspecified atom stereocenters. The van der Waals surface area contributed by atoms with E-state index in [1.54, 1.807) is 110 Å². The van der Waals surface area contributed by atoms with Crippen molar-refractivity contribution >= 4 is 134 Å². The van der Waals surface area contributed by atoms with Crippen LogP contribution in [0.25, 0.3) is 44.6 Å². The number of para-hydroxylation sites is 2. The highest BCUT2D eigenvalue weighted by Gasteiger charge is 2.63. The van der Waals surface area contributed by atoms with Crippen LogP contribution in [0.2, 0.25) is 0 Å². The fourth-order valence-electron chi connectivity index (χ4n) is 14.6. The van der Waals surface area contributed by atoms with Gasteiger partial charge in [0, 0.05) is 95.6 Å². The number of hydrogen-bond acceptors (Lipinski definition) is 33. The second kappa shape index (κ2) is 44.6. The highest BCUT2D eigenvalue weighted by Crippen LogP contribution is 2.48. The van der Waals surface area contributed by atoms with Crippen LogP contribution in [-0.4, -0.2) is 258 Å². The van der Waals surface area contributed by atoms with Gasteiger partial charge in [0.2, 0.25) is 11.8 Å². The molecular formula is C91H116N14O24S4. The van der Waals surface area contributed by atoms with Crippen molar-refractivity contribution < 1.29 is 112 Å². The SMILES string of the molecule is C=C[C@@H]1C[C@]1(NC(=O)[C@@H]1C[C@@H](Oc2cc(-c3csc(NC(C)C)n3)nc3cc(OC)ccc23)CN1C(=O)OC(C)(C)C)C(=O)NS(=O)(=O)c1ccccc1NCCOCCOCCC(=O)O.C=C[C@@H]1C[C@]1(NC(=O)[C@@H]1C[C@@H](Oc2cc(-c3csc(NC(C)C)n3)nc3cc(OC)ccc23)CN1C(=O)OC(C)(C)C)C(=O)NS(=O)(=O)c1ccccc1NCCOCCOCCC(=O)OC. The first kappa shape index (κ1) is 101. The van der Waals surface area contributed by atoms with E-state index in [0.717, 1.165) is 10.3 Å². The molecule has 6 heterocycles. The molecule has 718 valence electrons. The Morgan fingerprint density at radius 2 is 0.917 bits per heavy atom. The number of ether oxygens (including phenoxy) is 11. The van der Waals surface area contributed by atoms with Gasteiger partial charge in [0.05, 0.1) is 134 Å². The number of carbonyl (C=O) groups excluding carboxylic acids is 7. The average Bonchev–Trinajstić information content (AvgIpc) is 1.58. The molecule has 2 saturated heterocycles. The zero-order valence-corrected chi connectivity index (χ0v) is 79.7. The first-order valence-electron chi connectivity index (χ1n) is 43.2. The van der Waals surface area contributed by atoms with E-state index in [2.05, 4.69) is 59.2 Å². The molecule has 2 saturated carbocycles. The number of aromatic nitrogens is 4. The number of carboxylic acid groups (broad SMARTS) is 1. The minimum absolute atomic E-state index is 0.000525. The van der Waals surface area contributed by atoms with E-state index in [-0.39, 0.29) is 157 Å². The molecule has 4 aromatic heterocycles. The molecule has 38 nitrogen and oxygen atoms in total. The Bertz CT molecular complexity index is 5770. The molecule has 0 radical (unpaired) electrons. The van der Waals surface area contributed by atoms with Crippen molar-refractivity contribution in [1.82, 2.24) is 49.8 Å². The van der Waals surface area contributed by atoms with Crippen LogP contribution in [0.3, 0.4) is 0 Å². The van der Waals surface area contributed by atoms with Crippen LogP contribution in [-0.2, 0) is 82.0 Å². The van der Waals surface area contributed by atoms with Crippen LogP contribution < -0.4 is 60.3 Å². The van der Waals surface area contributed by atoms with Gasteiger partial charge in [-0.15, -0.1) is 35.8 Å². The maximum atomic E-state index is 14.5. The first-order valence-corrected chi connectivity index (χ1v) is 47.9. The lowest BCUT2D eigenvalue weighted by Crippen LogP contribution is -2.56. The predicted octanol–water partition coefficient (Wildman–Crippen LogP) is 10.9. The number of amides is 6. The average molecular weight is 1920 g/mol. The third-order valence-corrected chi connectivity index (χ3v) is 25.5. The van der Waals surface area contributed by atoms with Gasteiger partial charge in [-0.3, -0.25) is 38.6 Å². The number of hydrogen-bond donors (Lipinski definition) is 9. The number of methoxy groups -OCH3 is 3. The monoisotopic (exact) mass is 1920 g/mol. The number of nitrogens with zero attached hydrogens (tertiary/aromatic N) is 6. The predicted molar refractivity (Wildman–Crippen MR) is 499 cm³/mol. The van der Waals surface area contributed by atoms with Gasteiger partial charge in [0.1, 0.15) is 90.7 Å². The lowest BCUT2D eigenvalue weighted by Gasteiger charge is -2.29. The fraction of sp³-hybridized carbons (Fsp3) is 0.473. The molecule has 8 atom stereocenters. The van der Waals surface area contributed by atoms with Crippen LogP contribution in [0, 0.1) is 11.8 Å². The topological polar surface area (TPSA) is 481 Å². The fourth-order valence-corrected chi connectivity index (χ4v) is 18.8. The van der Waals surface area contributed by atoms with Crippen LogP contribution in [0.5, 0.6) is 23.0 Å². The number of carbonyl (C=O) groups is 8. The van der Waals surface area contributed by atoms with Crippen molar-refractivity contribution in [3.8, 4) is 45.8 Å². The number of aliphatic carboxylic acids is 1. The van der Waals surface area contributed by atoms with E-state index in [0.29, 0.717) is 67.6 Å². The summed E-state index contributed by atoms with van der Waals surface area (Å²) < 4.78 is 122. The molecular weight excluding hydrogens is 1800 g/mol. The van der Waals surface area contributed by atoms with Crippen molar-refractivity contribution in [2.24, 2.45) is 11.8 Å². The van der Waals surface area contributed by atoms with E-state index in [9.17, 15) is 55.2 Å². The summed E-state index contributed by atoms with van der Waals surface area (Å²) in [7, 11) is -4.58. The van der Waals surface area contributed by atoms with E-state index in [1.165, 1.54) is 82.1 Å². The molecule has 6 amide bonds. The second-order valence-electron chi connectivity index (χ2n) is 34.3. The number of likely N-dealkylation sites (tertiary alicyclic amines) is 2. The summed E-state index contributed by atoms with van der Waals surface area (Å²) in [4.78, 5) is 128. The molecule has 8 aromatic rings. The van der Waals surface area contributed by atoms with Crippen molar-refractivity contribution in [3.63, 3.8) is 0 Å². The lowest BCUT2D eigenvalue weighted by atomic mass is 10.1. The minimum atomic E-state index is -4.50. The molecule has 4 aromatic carbocycles. The molecule has 2 aliphatic carbocycles. The maximum absolute atomic E-state index is 14.5. The smallest absolute Gasteiger partial charge is 0.411 e. The van der Waals surface area contributed by atoms with Gasteiger partial charge in [-0.05, 0) is 131 Å². The van der Waals surface area contributed by atoms with Crippen molar-refractivity contribution in [3.05, 3.63) is 133 Å². The van der Waals surface area contributed by atoms with E-state index < -0.39 is 120 Å². The highest BCUT2D eigenvalue weighted by molar-refractivity contribution is 7.90. The van der Waals surface area contributed by atoms with Crippen molar-refractivity contribution in [1.29, 1.82) is 0 Å². The Morgan fingerprint density at radius 3 is 1.28 bits per heavy atom. The summed E-state index contributed by atoms with van der Waals surface area (Å²) >= 11 is 2.88. The Balaban J connectivity index is 0.000000256. The summed E-state index contributed by atoms with van der Waals surface area (Å²) in [5.41, 5.74) is -1.36. The number of rotatable bonds is 44.